The van der Waals surface area contributed by atoms with E-state index < -0.39 is 0 Å². The van der Waals surface area contributed by atoms with Gasteiger partial charge in [0.05, 0.1) is 12.8 Å². The van der Waals surface area contributed by atoms with Gasteiger partial charge in [-0.15, -0.1) is 0 Å². The molecule has 0 aliphatic carbocycles. The molecule has 1 aliphatic heterocycles. The summed E-state index contributed by atoms with van der Waals surface area (Å²) in [4.78, 5) is 14.3. The monoisotopic (exact) mass is 338 g/mol. The number of para-hydroxylation sites is 1. The van der Waals surface area contributed by atoms with Gasteiger partial charge >= 0.3 is 0 Å². The average Bonchev–Trinajstić information content (AvgIpc) is 3.35. The van der Waals surface area contributed by atoms with Crippen LogP contribution in [-0.2, 0) is 6.54 Å². The molecule has 0 spiro atoms. The van der Waals surface area contributed by atoms with Crippen molar-refractivity contribution in [1.82, 2.24) is 10.2 Å². The van der Waals surface area contributed by atoms with Gasteiger partial charge < -0.3 is 14.2 Å². The Morgan fingerprint density at radius 3 is 2.96 bits per heavy atom. The standard InChI is InChI=1S/C20H22N2O3/c1-14-16-5-2-3-6-17(16)25-19(14)13-22-9-8-15(12-22)11-21-20(23)18-7-4-10-24-18/h2-7,10,15H,8-9,11-13H2,1H3,(H,21,23)/t15-/m1/s1. The molecular weight excluding hydrogens is 316 g/mol. The third-order valence-corrected chi connectivity index (χ3v) is 4.98. The molecule has 3 aromatic rings. The molecule has 1 amide bonds. The van der Waals surface area contributed by atoms with Gasteiger partial charge in [-0.25, -0.2) is 0 Å². The van der Waals surface area contributed by atoms with Crippen molar-refractivity contribution in [2.24, 2.45) is 5.92 Å². The second kappa shape index (κ2) is 6.76. The quantitative estimate of drug-likeness (QED) is 0.772. The van der Waals surface area contributed by atoms with Crippen LogP contribution >= 0.6 is 0 Å². The fourth-order valence-electron chi connectivity index (χ4n) is 3.53. The highest BCUT2D eigenvalue weighted by Crippen LogP contribution is 2.27. The summed E-state index contributed by atoms with van der Waals surface area (Å²) in [5.41, 5.74) is 2.18. The molecule has 25 heavy (non-hydrogen) atoms. The third kappa shape index (κ3) is 3.33. The van der Waals surface area contributed by atoms with E-state index in [1.807, 2.05) is 18.2 Å². The van der Waals surface area contributed by atoms with Crippen molar-refractivity contribution in [2.75, 3.05) is 19.6 Å². The number of likely N-dealkylation sites (tertiary alicyclic amines) is 1. The first-order valence-electron chi connectivity index (χ1n) is 8.72. The predicted molar refractivity (Wildman–Crippen MR) is 95.4 cm³/mol. The molecule has 0 saturated carbocycles. The van der Waals surface area contributed by atoms with Crippen molar-refractivity contribution in [3.05, 3.63) is 59.7 Å². The van der Waals surface area contributed by atoms with Gasteiger partial charge in [0.2, 0.25) is 0 Å². The van der Waals surface area contributed by atoms with E-state index in [0.29, 0.717) is 18.2 Å². The SMILES string of the molecule is Cc1c(CN2CC[C@H](CNC(=O)c3ccco3)C2)oc2ccccc12. The van der Waals surface area contributed by atoms with Crippen LogP contribution < -0.4 is 5.32 Å². The molecule has 0 radical (unpaired) electrons. The zero-order valence-electron chi connectivity index (χ0n) is 14.3. The maximum Gasteiger partial charge on any atom is 0.286 e. The molecule has 1 fully saturated rings. The van der Waals surface area contributed by atoms with Crippen LogP contribution in [0.4, 0.5) is 0 Å². The molecule has 130 valence electrons. The molecule has 0 bridgehead atoms. The molecule has 0 unspecified atom stereocenters. The molecule has 4 rings (SSSR count). The van der Waals surface area contributed by atoms with Gasteiger partial charge in [-0.05, 0) is 49.6 Å². The molecule has 1 aliphatic rings. The fraction of sp³-hybridized carbons (Fsp3) is 0.350. The lowest BCUT2D eigenvalue weighted by Crippen LogP contribution is -2.30. The Morgan fingerprint density at radius 2 is 2.16 bits per heavy atom. The normalized spacial score (nSPS) is 18.0. The van der Waals surface area contributed by atoms with Crippen LogP contribution in [0.2, 0.25) is 0 Å². The number of fused-ring (bicyclic) bond motifs is 1. The number of nitrogens with one attached hydrogen (secondary N) is 1. The first-order valence-corrected chi connectivity index (χ1v) is 8.72. The lowest BCUT2D eigenvalue weighted by Gasteiger charge is -2.15. The zero-order valence-corrected chi connectivity index (χ0v) is 14.3. The van der Waals surface area contributed by atoms with E-state index in [0.717, 1.165) is 37.4 Å². The van der Waals surface area contributed by atoms with Crippen LogP contribution in [0, 0.1) is 12.8 Å². The van der Waals surface area contributed by atoms with E-state index in [4.69, 9.17) is 8.83 Å². The average molecular weight is 338 g/mol. The van der Waals surface area contributed by atoms with Gasteiger partial charge in [0.25, 0.3) is 5.91 Å². The van der Waals surface area contributed by atoms with Crippen LogP contribution in [0.15, 0.2) is 51.5 Å². The topological polar surface area (TPSA) is 58.6 Å². The number of rotatable bonds is 5. The number of aryl methyl sites for hydroxylation is 1. The van der Waals surface area contributed by atoms with Gasteiger partial charge in [-0.2, -0.15) is 0 Å². The van der Waals surface area contributed by atoms with E-state index in [1.165, 1.54) is 17.2 Å². The molecule has 1 atom stereocenters. The maximum atomic E-state index is 11.9. The second-order valence-corrected chi connectivity index (χ2v) is 6.72. The number of carbonyl (C=O) groups excluding carboxylic acids is 1. The smallest absolute Gasteiger partial charge is 0.286 e. The van der Waals surface area contributed by atoms with Crippen molar-refractivity contribution < 1.29 is 13.6 Å². The molecule has 1 saturated heterocycles. The lowest BCUT2D eigenvalue weighted by molar-refractivity contribution is 0.0919. The largest absolute Gasteiger partial charge is 0.459 e. The van der Waals surface area contributed by atoms with Crippen molar-refractivity contribution in [3.8, 4) is 0 Å². The zero-order chi connectivity index (χ0) is 17.2. The Balaban J connectivity index is 1.33. The number of furan rings is 2. The van der Waals surface area contributed by atoms with Crippen LogP contribution in [0.5, 0.6) is 0 Å². The first-order chi connectivity index (χ1) is 12.2. The Morgan fingerprint density at radius 1 is 1.28 bits per heavy atom. The Bertz CT molecular complexity index is 866. The summed E-state index contributed by atoms with van der Waals surface area (Å²) in [6, 6.07) is 11.6. The summed E-state index contributed by atoms with van der Waals surface area (Å²) in [5, 5.41) is 4.15. The van der Waals surface area contributed by atoms with Crippen LogP contribution in [0.1, 0.15) is 28.3 Å². The van der Waals surface area contributed by atoms with Crippen LogP contribution in [0.3, 0.4) is 0 Å². The fourth-order valence-corrected chi connectivity index (χ4v) is 3.53. The molecule has 2 aromatic heterocycles. The summed E-state index contributed by atoms with van der Waals surface area (Å²) >= 11 is 0. The minimum absolute atomic E-state index is 0.142. The minimum atomic E-state index is -0.142. The van der Waals surface area contributed by atoms with E-state index in [2.05, 4.69) is 23.2 Å². The summed E-state index contributed by atoms with van der Waals surface area (Å²) in [5.74, 6) is 1.73. The van der Waals surface area contributed by atoms with E-state index in [9.17, 15) is 4.79 Å². The third-order valence-electron chi connectivity index (χ3n) is 4.98. The van der Waals surface area contributed by atoms with Crippen molar-refractivity contribution in [1.29, 1.82) is 0 Å². The molecule has 1 N–H and O–H groups in total. The van der Waals surface area contributed by atoms with E-state index >= 15 is 0 Å². The molecule has 3 heterocycles. The number of nitrogens with zero attached hydrogens (tertiary/aromatic N) is 1. The Labute approximate surface area is 146 Å². The molecular formula is C20H22N2O3. The summed E-state index contributed by atoms with van der Waals surface area (Å²) < 4.78 is 11.1. The van der Waals surface area contributed by atoms with Gasteiger partial charge in [-0.3, -0.25) is 9.69 Å². The van der Waals surface area contributed by atoms with Gasteiger partial charge in [0.15, 0.2) is 5.76 Å². The van der Waals surface area contributed by atoms with Crippen LogP contribution in [-0.4, -0.2) is 30.4 Å². The predicted octanol–water partition coefficient (Wildman–Crippen LogP) is 3.59. The molecule has 1 aromatic carbocycles. The number of hydrogen-bond acceptors (Lipinski definition) is 4. The molecule has 5 nitrogen and oxygen atoms in total. The Hall–Kier alpha value is -2.53. The number of carbonyl (C=O) groups is 1. The van der Waals surface area contributed by atoms with E-state index in [1.54, 1.807) is 12.1 Å². The highest BCUT2D eigenvalue weighted by Gasteiger charge is 2.25. The second-order valence-electron chi connectivity index (χ2n) is 6.72. The minimum Gasteiger partial charge on any atom is -0.459 e. The highest BCUT2D eigenvalue weighted by molar-refractivity contribution is 5.91. The van der Waals surface area contributed by atoms with E-state index in [-0.39, 0.29) is 5.91 Å². The van der Waals surface area contributed by atoms with Gasteiger partial charge in [-0.1, -0.05) is 18.2 Å². The number of hydrogen-bond donors (Lipinski definition) is 1. The van der Waals surface area contributed by atoms with Gasteiger partial charge in [0.1, 0.15) is 11.3 Å². The Kier molecular flexibility index (Phi) is 4.32. The highest BCUT2D eigenvalue weighted by atomic mass is 16.3. The first kappa shape index (κ1) is 16.0. The van der Waals surface area contributed by atoms with Crippen molar-refractivity contribution in [2.45, 2.75) is 19.9 Å². The molecule has 5 heteroatoms. The summed E-state index contributed by atoms with van der Waals surface area (Å²) in [6.45, 7) is 5.61. The number of benzene rings is 1. The summed E-state index contributed by atoms with van der Waals surface area (Å²) in [6.07, 6.45) is 2.60. The maximum absolute atomic E-state index is 11.9. The number of amides is 1. The van der Waals surface area contributed by atoms with Gasteiger partial charge in [0, 0.05) is 18.5 Å². The lowest BCUT2D eigenvalue weighted by atomic mass is 10.1. The van der Waals surface area contributed by atoms with Crippen LogP contribution in [0.25, 0.3) is 11.0 Å². The van der Waals surface area contributed by atoms with Crippen molar-refractivity contribution >= 4 is 16.9 Å². The van der Waals surface area contributed by atoms with Crippen molar-refractivity contribution in [3.63, 3.8) is 0 Å². The summed E-state index contributed by atoms with van der Waals surface area (Å²) in [7, 11) is 0.